The lowest BCUT2D eigenvalue weighted by atomic mass is 9.79. The van der Waals surface area contributed by atoms with Gasteiger partial charge in [-0.3, -0.25) is 4.90 Å². The van der Waals surface area contributed by atoms with Gasteiger partial charge in [0.05, 0.1) is 0 Å². The summed E-state index contributed by atoms with van der Waals surface area (Å²) in [6.45, 7) is 3.44. The fraction of sp³-hybridized carbons (Fsp3) is 0.500. The van der Waals surface area contributed by atoms with Crippen molar-refractivity contribution in [3.05, 3.63) is 24.0 Å². The van der Waals surface area contributed by atoms with E-state index < -0.39 is 12.9 Å². The van der Waals surface area contributed by atoms with Gasteiger partial charge in [-0.2, -0.15) is 0 Å². The number of benzene rings is 1. The highest BCUT2D eigenvalue weighted by Gasteiger charge is 2.18. The molecule has 2 N–H and O–H groups in total. The van der Waals surface area contributed by atoms with Crippen LogP contribution in [0.2, 0.25) is 0 Å². The molecule has 0 aromatic heterocycles. The van der Waals surface area contributed by atoms with Gasteiger partial charge in [0.25, 0.3) is 0 Å². The minimum absolute atomic E-state index is 0.0661. The number of rotatable bonds is 5. The highest BCUT2D eigenvalue weighted by molar-refractivity contribution is 6.59. The van der Waals surface area contributed by atoms with Gasteiger partial charge in [-0.15, -0.1) is 0 Å². The predicted molar refractivity (Wildman–Crippen MR) is 67.4 cm³/mol. The number of nitrogens with zero attached hydrogens (tertiary/aromatic N) is 1. The first kappa shape index (κ1) is 13.3. The van der Waals surface area contributed by atoms with Gasteiger partial charge in [-0.1, -0.05) is 0 Å². The van der Waals surface area contributed by atoms with Crippen LogP contribution in [0.5, 0.6) is 5.75 Å². The molecule has 0 aliphatic carbocycles. The van der Waals surface area contributed by atoms with Crippen LogP contribution in [0.4, 0.5) is 4.39 Å². The molecule has 4 nitrogen and oxygen atoms in total. The minimum atomic E-state index is -1.72. The van der Waals surface area contributed by atoms with Gasteiger partial charge in [0, 0.05) is 12.0 Å². The maximum atomic E-state index is 13.0. The van der Waals surface area contributed by atoms with Crippen LogP contribution < -0.4 is 10.2 Å². The molecule has 6 heteroatoms. The monoisotopic (exact) mass is 253 g/mol. The number of hydrogen-bond donors (Lipinski definition) is 2. The normalized spacial score (nSPS) is 15.9. The highest BCUT2D eigenvalue weighted by atomic mass is 19.1. The molecule has 0 unspecified atom stereocenters. The van der Waals surface area contributed by atoms with Gasteiger partial charge < -0.3 is 14.8 Å². The fourth-order valence-electron chi connectivity index (χ4n) is 2.14. The third-order valence-electron chi connectivity index (χ3n) is 3.11. The van der Waals surface area contributed by atoms with Gasteiger partial charge in [-0.05, 0) is 44.1 Å². The van der Waals surface area contributed by atoms with Crippen molar-refractivity contribution in [2.24, 2.45) is 0 Å². The zero-order valence-electron chi connectivity index (χ0n) is 10.2. The molecule has 0 atom stereocenters. The minimum Gasteiger partial charge on any atom is -0.493 e. The van der Waals surface area contributed by atoms with E-state index in [1.807, 2.05) is 0 Å². The summed E-state index contributed by atoms with van der Waals surface area (Å²) in [5.41, 5.74) is 0.0661. The Bertz CT molecular complexity index is 397. The third kappa shape index (κ3) is 3.44. The Balaban J connectivity index is 1.91. The van der Waals surface area contributed by atoms with Gasteiger partial charge in [0.15, 0.2) is 0 Å². The standard InChI is InChI=1S/C12H17BFNO3/c14-10-3-4-12(11(9-10)13(16)17)18-8-7-15-5-1-2-6-15/h3-4,9,16-17H,1-2,5-8H2. The van der Waals surface area contributed by atoms with E-state index in [4.69, 9.17) is 14.8 Å². The Morgan fingerprint density at radius 2 is 2.00 bits per heavy atom. The Kier molecular flexibility index (Phi) is 4.57. The van der Waals surface area contributed by atoms with E-state index in [1.165, 1.54) is 25.0 Å². The zero-order valence-corrected chi connectivity index (χ0v) is 10.2. The molecule has 98 valence electrons. The van der Waals surface area contributed by atoms with E-state index in [1.54, 1.807) is 0 Å². The van der Waals surface area contributed by atoms with E-state index >= 15 is 0 Å². The van der Waals surface area contributed by atoms with E-state index in [9.17, 15) is 4.39 Å². The number of likely N-dealkylation sites (tertiary alicyclic amines) is 1. The molecule has 0 spiro atoms. The van der Waals surface area contributed by atoms with Gasteiger partial charge in [0.1, 0.15) is 18.2 Å². The lowest BCUT2D eigenvalue weighted by molar-refractivity contribution is 0.238. The Morgan fingerprint density at radius 1 is 1.28 bits per heavy atom. The van der Waals surface area contributed by atoms with Gasteiger partial charge >= 0.3 is 7.12 Å². The molecule has 0 saturated carbocycles. The van der Waals surface area contributed by atoms with Crippen molar-refractivity contribution in [3.63, 3.8) is 0 Å². The molecule has 1 aliphatic rings. The molecule has 2 rings (SSSR count). The highest BCUT2D eigenvalue weighted by Crippen LogP contribution is 2.11. The summed E-state index contributed by atoms with van der Waals surface area (Å²) in [5.74, 6) is -0.185. The molecule has 1 heterocycles. The average Bonchev–Trinajstić information content (AvgIpc) is 2.84. The number of ether oxygens (including phenoxy) is 1. The summed E-state index contributed by atoms with van der Waals surface area (Å²) in [6, 6.07) is 3.75. The van der Waals surface area contributed by atoms with E-state index in [0.717, 1.165) is 25.7 Å². The van der Waals surface area contributed by atoms with Crippen LogP contribution in [0.1, 0.15) is 12.8 Å². The molecule has 1 saturated heterocycles. The zero-order chi connectivity index (χ0) is 13.0. The lowest BCUT2D eigenvalue weighted by Gasteiger charge is -2.16. The quantitative estimate of drug-likeness (QED) is 0.724. The Labute approximate surface area is 106 Å². The fourth-order valence-corrected chi connectivity index (χ4v) is 2.14. The predicted octanol–water partition coefficient (Wildman–Crippen LogP) is -0.0199. The maximum Gasteiger partial charge on any atom is 0.492 e. The van der Waals surface area contributed by atoms with Crippen LogP contribution in [-0.2, 0) is 0 Å². The van der Waals surface area contributed by atoms with Crippen LogP contribution in [0.15, 0.2) is 18.2 Å². The summed E-state index contributed by atoms with van der Waals surface area (Å²) >= 11 is 0. The first-order valence-electron chi connectivity index (χ1n) is 6.17. The molecule has 18 heavy (non-hydrogen) atoms. The van der Waals surface area contributed by atoms with Crippen molar-refractivity contribution in [3.8, 4) is 5.75 Å². The van der Waals surface area contributed by atoms with Crippen LogP contribution >= 0.6 is 0 Å². The molecule has 1 fully saturated rings. The molecule has 1 aliphatic heterocycles. The topological polar surface area (TPSA) is 52.9 Å². The maximum absolute atomic E-state index is 13.0. The second-order valence-corrected chi connectivity index (χ2v) is 4.45. The van der Waals surface area contributed by atoms with Crippen molar-refractivity contribution >= 4 is 12.6 Å². The molecular formula is C12H17BFNO3. The largest absolute Gasteiger partial charge is 0.493 e. The van der Waals surface area contributed by atoms with Crippen molar-refractivity contribution < 1.29 is 19.2 Å². The summed E-state index contributed by atoms with van der Waals surface area (Å²) in [4.78, 5) is 2.29. The van der Waals surface area contributed by atoms with Crippen LogP contribution in [0, 0.1) is 5.82 Å². The molecule has 0 bridgehead atoms. The van der Waals surface area contributed by atoms with Crippen LogP contribution in [0.25, 0.3) is 0 Å². The van der Waals surface area contributed by atoms with Gasteiger partial charge in [0.2, 0.25) is 0 Å². The average molecular weight is 253 g/mol. The number of halogens is 1. The van der Waals surface area contributed by atoms with Crippen molar-refractivity contribution in [1.82, 2.24) is 4.90 Å². The second-order valence-electron chi connectivity index (χ2n) is 4.45. The van der Waals surface area contributed by atoms with Crippen molar-refractivity contribution in [2.75, 3.05) is 26.2 Å². The van der Waals surface area contributed by atoms with Crippen molar-refractivity contribution in [1.29, 1.82) is 0 Å². The first-order chi connectivity index (χ1) is 8.66. The van der Waals surface area contributed by atoms with E-state index in [0.29, 0.717) is 12.4 Å². The number of hydrogen-bond acceptors (Lipinski definition) is 4. The Morgan fingerprint density at radius 3 is 2.67 bits per heavy atom. The molecule has 0 amide bonds. The SMILES string of the molecule is OB(O)c1cc(F)ccc1OCCN1CCCC1. The summed E-state index contributed by atoms with van der Waals surface area (Å²) in [7, 11) is -1.72. The second kappa shape index (κ2) is 6.18. The lowest BCUT2D eigenvalue weighted by Crippen LogP contribution is -2.33. The van der Waals surface area contributed by atoms with Crippen LogP contribution in [0.3, 0.4) is 0 Å². The summed E-state index contributed by atoms with van der Waals surface area (Å²) < 4.78 is 18.5. The molecule has 1 aromatic rings. The molecule has 0 radical (unpaired) electrons. The van der Waals surface area contributed by atoms with Gasteiger partial charge in [-0.25, -0.2) is 4.39 Å². The summed E-state index contributed by atoms with van der Waals surface area (Å²) in [6.07, 6.45) is 2.44. The molecular weight excluding hydrogens is 236 g/mol. The Hall–Kier alpha value is -1.11. The summed E-state index contributed by atoms with van der Waals surface area (Å²) in [5, 5.41) is 18.3. The smallest absolute Gasteiger partial charge is 0.492 e. The third-order valence-corrected chi connectivity index (χ3v) is 3.11. The van der Waals surface area contributed by atoms with E-state index in [2.05, 4.69) is 4.90 Å². The first-order valence-corrected chi connectivity index (χ1v) is 6.17. The molecule has 1 aromatic carbocycles. The van der Waals surface area contributed by atoms with Crippen molar-refractivity contribution in [2.45, 2.75) is 12.8 Å². The van der Waals surface area contributed by atoms with Crippen LogP contribution in [-0.4, -0.2) is 48.3 Å². The van der Waals surface area contributed by atoms with E-state index in [-0.39, 0.29) is 5.46 Å².